The third-order valence-electron chi connectivity index (χ3n) is 3.92. The number of nitrogens with one attached hydrogen (secondary N) is 1. The van der Waals surface area contributed by atoms with E-state index >= 15 is 0 Å². The molecule has 21 heavy (non-hydrogen) atoms. The molecule has 0 aliphatic heterocycles. The van der Waals surface area contributed by atoms with Crippen LogP contribution in [-0.4, -0.2) is 25.7 Å². The van der Waals surface area contributed by atoms with Crippen molar-refractivity contribution in [1.29, 1.82) is 0 Å². The lowest BCUT2D eigenvalue weighted by Gasteiger charge is -2.35. The van der Waals surface area contributed by atoms with Gasteiger partial charge in [0.25, 0.3) is 0 Å². The van der Waals surface area contributed by atoms with Gasteiger partial charge < -0.3 is 10.8 Å². The number of nitrogen functional groups attached to an aromatic ring is 1. The standard InChI is InChI=1S/C14H21ClN2O3S/c1-10-4-3-7-14(18,8-10)9-17-21(19,20)13-11(15)5-2-6-12(13)16/h2,5-6,10,17-18H,3-4,7-9,16H2,1H3. The van der Waals surface area contributed by atoms with Gasteiger partial charge >= 0.3 is 0 Å². The van der Waals surface area contributed by atoms with Gasteiger partial charge in [0.1, 0.15) is 4.90 Å². The minimum absolute atomic E-state index is 0.0235. The minimum atomic E-state index is -3.84. The van der Waals surface area contributed by atoms with Gasteiger partial charge in [0.15, 0.2) is 0 Å². The molecule has 0 aromatic heterocycles. The number of hydrogen-bond acceptors (Lipinski definition) is 4. The van der Waals surface area contributed by atoms with E-state index in [1.165, 1.54) is 12.1 Å². The van der Waals surface area contributed by atoms with E-state index in [-0.39, 0.29) is 22.2 Å². The maximum absolute atomic E-state index is 12.4. The number of aliphatic hydroxyl groups is 1. The lowest BCUT2D eigenvalue weighted by molar-refractivity contribution is -0.00751. The Kier molecular flexibility index (Phi) is 4.82. The third kappa shape index (κ3) is 3.88. The molecular formula is C14H21ClN2O3S. The molecule has 2 unspecified atom stereocenters. The Morgan fingerprint density at radius 2 is 2.24 bits per heavy atom. The Bertz CT molecular complexity index is 600. The van der Waals surface area contributed by atoms with E-state index in [4.69, 9.17) is 17.3 Å². The van der Waals surface area contributed by atoms with Gasteiger partial charge in [-0.05, 0) is 30.9 Å². The second-order valence-corrected chi connectivity index (χ2v) is 8.02. The molecule has 1 aliphatic carbocycles. The summed E-state index contributed by atoms with van der Waals surface area (Å²) >= 11 is 5.93. The molecule has 2 atom stereocenters. The van der Waals surface area contributed by atoms with Gasteiger partial charge in [-0.1, -0.05) is 37.4 Å². The van der Waals surface area contributed by atoms with E-state index < -0.39 is 15.6 Å². The van der Waals surface area contributed by atoms with Crippen LogP contribution in [0.25, 0.3) is 0 Å². The summed E-state index contributed by atoms with van der Waals surface area (Å²) in [5.74, 6) is 0.388. The molecule has 1 fully saturated rings. The predicted molar refractivity (Wildman–Crippen MR) is 83.6 cm³/mol. The molecule has 0 amide bonds. The van der Waals surface area contributed by atoms with Crippen LogP contribution in [-0.2, 0) is 10.0 Å². The van der Waals surface area contributed by atoms with E-state index in [2.05, 4.69) is 11.6 Å². The van der Waals surface area contributed by atoms with Crippen molar-refractivity contribution in [2.45, 2.75) is 43.1 Å². The summed E-state index contributed by atoms with van der Waals surface area (Å²) in [5.41, 5.74) is 4.80. The second kappa shape index (κ2) is 6.12. The van der Waals surface area contributed by atoms with Gasteiger partial charge in [-0.15, -0.1) is 0 Å². The van der Waals surface area contributed by atoms with Crippen LogP contribution in [0.1, 0.15) is 32.6 Å². The molecule has 4 N–H and O–H groups in total. The molecule has 2 rings (SSSR count). The first-order valence-corrected chi connectivity index (χ1v) is 8.86. The molecule has 0 heterocycles. The number of nitrogens with two attached hydrogens (primary N) is 1. The smallest absolute Gasteiger partial charge is 0.244 e. The Labute approximate surface area is 130 Å². The predicted octanol–water partition coefficient (Wildman–Crippen LogP) is 2.14. The second-order valence-electron chi connectivity index (χ2n) is 5.91. The molecule has 118 valence electrons. The van der Waals surface area contributed by atoms with Crippen LogP contribution in [0.4, 0.5) is 5.69 Å². The quantitative estimate of drug-likeness (QED) is 0.736. The summed E-state index contributed by atoms with van der Waals surface area (Å²) < 4.78 is 27.2. The fourth-order valence-corrected chi connectivity index (χ4v) is 4.70. The van der Waals surface area contributed by atoms with Crippen molar-refractivity contribution >= 4 is 27.3 Å². The van der Waals surface area contributed by atoms with Gasteiger partial charge in [-0.2, -0.15) is 0 Å². The monoisotopic (exact) mass is 332 g/mol. The maximum Gasteiger partial charge on any atom is 0.244 e. The summed E-state index contributed by atoms with van der Waals surface area (Å²) in [4.78, 5) is -0.126. The molecule has 0 radical (unpaired) electrons. The van der Waals surface area contributed by atoms with Gasteiger partial charge in [0, 0.05) is 6.54 Å². The van der Waals surface area contributed by atoms with Gasteiger partial charge in [0.05, 0.1) is 16.3 Å². The normalized spacial score (nSPS) is 26.7. The maximum atomic E-state index is 12.4. The Morgan fingerprint density at radius 3 is 2.86 bits per heavy atom. The summed E-state index contributed by atoms with van der Waals surface area (Å²) in [6.07, 6.45) is 3.14. The number of hydrogen-bond donors (Lipinski definition) is 3. The van der Waals surface area contributed by atoms with E-state index in [1.807, 2.05) is 0 Å². The average molecular weight is 333 g/mol. The highest BCUT2D eigenvalue weighted by molar-refractivity contribution is 7.89. The number of rotatable bonds is 4. The fraction of sp³-hybridized carbons (Fsp3) is 0.571. The van der Waals surface area contributed by atoms with Crippen molar-refractivity contribution in [2.24, 2.45) is 5.92 Å². The molecule has 1 saturated carbocycles. The van der Waals surface area contributed by atoms with Crippen molar-refractivity contribution in [1.82, 2.24) is 4.72 Å². The van der Waals surface area contributed by atoms with Gasteiger partial charge in [-0.25, -0.2) is 13.1 Å². The molecule has 0 bridgehead atoms. The fourth-order valence-electron chi connectivity index (χ4n) is 2.90. The van der Waals surface area contributed by atoms with Crippen LogP contribution in [0.2, 0.25) is 5.02 Å². The number of sulfonamides is 1. The van der Waals surface area contributed by atoms with Crippen LogP contribution >= 0.6 is 11.6 Å². The molecule has 0 saturated heterocycles. The molecule has 1 aromatic carbocycles. The van der Waals surface area contributed by atoms with E-state index in [0.29, 0.717) is 18.8 Å². The lowest BCUT2D eigenvalue weighted by Crippen LogP contribution is -2.45. The molecule has 7 heteroatoms. The zero-order valence-electron chi connectivity index (χ0n) is 12.0. The van der Waals surface area contributed by atoms with Crippen molar-refractivity contribution in [3.05, 3.63) is 23.2 Å². The summed E-state index contributed by atoms with van der Waals surface area (Å²) in [6, 6.07) is 4.55. The van der Waals surface area contributed by atoms with E-state index in [1.54, 1.807) is 6.07 Å². The zero-order valence-corrected chi connectivity index (χ0v) is 13.5. The third-order valence-corrected chi connectivity index (χ3v) is 5.87. The Hall–Kier alpha value is -0.820. The number of anilines is 1. The molecule has 1 aromatic rings. The van der Waals surface area contributed by atoms with Crippen LogP contribution in [0.3, 0.4) is 0 Å². The first-order valence-electron chi connectivity index (χ1n) is 6.99. The van der Waals surface area contributed by atoms with Crippen LogP contribution < -0.4 is 10.5 Å². The van der Waals surface area contributed by atoms with Gasteiger partial charge in [0.2, 0.25) is 10.0 Å². The molecule has 0 spiro atoms. The topological polar surface area (TPSA) is 92.4 Å². The van der Waals surface area contributed by atoms with Gasteiger partial charge in [-0.3, -0.25) is 0 Å². The Morgan fingerprint density at radius 1 is 1.52 bits per heavy atom. The molecule has 1 aliphatic rings. The van der Waals surface area contributed by atoms with E-state index in [9.17, 15) is 13.5 Å². The van der Waals surface area contributed by atoms with E-state index in [0.717, 1.165) is 12.8 Å². The molecule has 5 nitrogen and oxygen atoms in total. The highest BCUT2D eigenvalue weighted by Gasteiger charge is 2.34. The average Bonchev–Trinajstić information content (AvgIpc) is 2.36. The first-order chi connectivity index (χ1) is 9.73. The van der Waals surface area contributed by atoms with Crippen LogP contribution in [0.5, 0.6) is 0 Å². The highest BCUT2D eigenvalue weighted by Crippen LogP contribution is 2.32. The summed E-state index contributed by atoms with van der Waals surface area (Å²) in [6.45, 7) is 2.04. The minimum Gasteiger partial charge on any atom is -0.398 e. The summed E-state index contributed by atoms with van der Waals surface area (Å²) in [7, 11) is -3.84. The molecular weight excluding hydrogens is 312 g/mol. The SMILES string of the molecule is CC1CCCC(O)(CNS(=O)(=O)c2c(N)cccc2Cl)C1. The lowest BCUT2D eigenvalue weighted by atomic mass is 9.79. The van der Waals surface area contributed by atoms with Crippen LogP contribution in [0.15, 0.2) is 23.1 Å². The number of benzene rings is 1. The van der Waals surface area contributed by atoms with Crippen molar-refractivity contribution in [3.8, 4) is 0 Å². The first kappa shape index (κ1) is 16.5. The van der Waals surface area contributed by atoms with Crippen molar-refractivity contribution < 1.29 is 13.5 Å². The Balaban J connectivity index is 2.15. The number of halogens is 1. The largest absolute Gasteiger partial charge is 0.398 e. The van der Waals surface area contributed by atoms with Crippen molar-refractivity contribution in [3.63, 3.8) is 0 Å². The summed E-state index contributed by atoms with van der Waals surface area (Å²) in [5, 5.41) is 10.6. The van der Waals surface area contributed by atoms with Crippen molar-refractivity contribution in [2.75, 3.05) is 12.3 Å². The van der Waals surface area contributed by atoms with Crippen LogP contribution in [0, 0.1) is 5.92 Å². The highest BCUT2D eigenvalue weighted by atomic mass is 35.5. The zero-order chi connectivity index (χ0) is 15.7.